The van der Waals surface area contributed by atoms with Crippen molar-refractivity contribution in [2.24, 2.45) is 11.8 Å². The van der Waals surface area contributed by atoms with Crippen LogP contribution in [0.1, 0.15) is 39.0 Å². The summed E-state index contributed by atoms with van der Waals surface area (Å²) in [6.07, 6.45) is 9.89. The SMILES string of the molecule is C#CCCCNC(=O)CC(C)C1CCCNC1. The Morgan fingerprint density at radius 1 is 1.65 bits per heavy atom. The Morgan fingerprint density at radius 3 is 3.12 bits per heavy atom. The minimum atomic E-state index is 0.167. The van der Waals surface area contributed by atoms with Crippen molar-refractivity contribution in [2.75, 3.05) is 19.6 Å². The van der Waals surface area contributed by atoms with E-state index >= 15 is 0 Å². The molecule has 1 saturated heterocycles. The van der Waals surface area contributed by atoms with Crippen LogP contribution in [0.2, 0.25) is 0 Å². The van der Waals surface area contributed by atoms with E-state index in [4.69, 9.17) is 6.42 Å². The molecule has 0 aliphatic carbocycles. The van der Waals surface area contributed by atoms with E-state index < -0.39 is 0 Å². The van der Waals surface area contributed by atoms with Crippen molar-refractivity contribution in [3.8, 4) is 12.3 Å². The standard InChI is InChI=1S/C14H24N2O/c1-3-4-5-9-16-14(17)10-12(2)13-7-6-8-15-11-13/h1,12-13,15H,4-11H2,2H3,(H,16,17). The van der Waals surface area contributed by atoms with Gasteiger partial charge < -0.3 is 10.6 Å². The zero-order valence-corrected chi connectivity index (χ0v) is 10.8. The van der Waals surface area contributed by atoms with Crippen molar-refractivity contribution in [1.29, 1.82) is 0 Å². The number of carbonyl (C=O) groups is 1. The van der Waals surface area contributed by atoms with Crippen molar-refractivity contribution in [3.63, 3.8) is 0 Å². The summed E-state index contributed by atoms with van der Waals surface area (Å²) in [7, 11) is 0. The third kappa shape index (κ3) is 5.74. The Kier molecular flexibility index (Phi) is 6.73. The average molecular weight is 236 g/mol. The van der Waals surface area contributed by atoms with E-state index in [9.17, 15) is 4.79 Å². The molecule has 0 bridgehead atoms. The van der Waals surface area contributed by atoms with Gasteiger partial charge in [-0.25, -0.2) is 0 Å². The molecule has 96 valence electrons. The number of carbonyl (C=O) groups excluding carboxylic acids is 1. The monoisotopic (exact) mass is 236 g/mol. The molecule has 3 nitrogen and oxygen atoms in total. The summed E-state index contributed by atoms with van der Waals surface area (Å²) in [5, 5.41) is 6.33. The molecule has 1 heterocycles. The smallest absolute Gasteiger partial charge is 0.220 e. The van der Waals surface area contributed by atoms with Crippen LogP contribution >= 0.6 is 0 Å². The minimum absolute atomic E-state index is 0.167. The highest BCUT2D eigenvalue weighted by Crippen LogP contribution is 2.22. The van der Waals surface area contributed by atoms with Gasteiger partial charge >= 0.3 is 0 Å². The van der Waals surface area contributed by atoms with E-state index in [1.54, 1.807) is 0 Å². The molecule has 0 aromatic rings. The zero-order valence-electron chi connectivity index (χ0n) is 10.8. The van der Waals surface area contributed by atoms with Crippen molar-refractivity contribution in [1.82, 2.24) is 10.6 Å². The highest BCUT2D eigenvalue weighted by Gasteiger charge is 2.21. The fourth-order valence-corrected chi connectivity index (χ4v) is 2.31. The van der Waals surface area contributed by atoms with Crippen molar-refractivity contribution in [3.05, 3.63) is 0 Å². The van der Waals surface area contributed by atoms with Crippen LogP contribution in [0.5, 0.6) is 0 Å². The largest absolute Gasteiger partial charge is 0.356 e. The van der Waals surface area contributed by atoms with E-state index in [0.717, 1.165) is 25.9 Å². The maximum atomic E-state index is 11.7. The second-order valence-corrected chi connectivity index (χ2v) is 4.95. The topological polar surface area (TPSA) is 41.1 Å². The molecule has 2 N–H and O–H groups in total. The molecule has 1 amide bonds. The van der Waals surface area contributed by atoms with Gasteiger partial charge in [-0.3, -0.25) is 4.79 Å². The third-order valence-corrected chi connectivity index (χ3v) is 3.47. The quantitative estimate of drug-likeness (QED) is 0.542. The summed E-state index contributed by atoms with van der Waals surface area (Å²) in [6, 6.07) is 0. The molecule has 2 atom stereocenters. The van der Waals surface area contributed by atoms with E-state index in [0.29, 0.717) is 24.8 Å². The Bertz CT molecular complexity index is 264. The maximum Gasteiger partial charge on any atom is 0.220 e. The number of piperidine rings is 1. The van der Waals surface area contributed by atoms with Crippen LogP contribution in [-0.2, 0) is 4.79 Å². The molecule has 0 aromatic carbocycles. The average Bonchev–Trinajstić information content (AvgIpc) is 2.36. The predicted octanol–water partition coefficient (Wildman–Crippen LogP) is 1.54. The van der Waals surface area contributed by atoms with Crippen molar-refractivity contribution in [2.45, 2.75) is 39.0 Å². The van der Waals surface area contributed by atoms with Crippen LogP contribution in [0.15, 0.2) is 0 Å². The van der Waals surface area contributed by atoms with E-state index in [-0.39, 0.29) is 5.91 Å². The Hall–Kier alpha value is -1.01. The van der Waals surface area contributed by atoms with Gasteiger partial charge in [0.05, 0.1) is 0 Å². The van der Waals surface area contributed by atoms with E-state index in [2.05, 4.69) is 23.5 Å². The summed E-state index contributed by atoms with van der Waals surface area (Å²) in [5.74, 6) is 3.86. The lowest BCUT2D eigenvalue weighted by Gasteiger charge is -2.28. The first kappa shape index (κ1) is 14.1. The first-order valence-electron chi connectivity index (χ1n) is 6.65. The lowest BCUT2D eigenvalue weighted by atomic mass is 9.85. The molecule has 17 heavy (non-hydrogen) atoms. The molecule has 0 radical (unpaired) electrons. The van der Waals surface area contributed by atoms with E-state index in [1.165, 1.54) is 12.8 Å². The van der Waals surface area contributed by atoms with Crippen LogP contribution < -0.4 is 10.6 Å². The van der Waals surface area contributed by atoms with Gasteiger partial charge in [-0.15, -0.1) is 12.3 Å². The summed E-state index contributed by atoms with van der Waals surface area (Å²) in [4.78, 5) is 11.7. The number of nitrogens with one attached hydrogen (secondary N) is 2. The van der Waals surface area contributed by atoms with Gasteiger partial charge in [0, 0.05) is 19.4 Å². The highest BCUT2D eigenvalue weighted by molar-refractivity contribution is 5.76. The zero-order chi connectivity index (χ0) is 12.5. The Labute approximate surface area is 105 Å². The Balaban J connectivity index is 2.14. The summed E-state index contributed by atoms with van der Waals surface area (Å²) in [6.45, 7) is 5.07. The first-order valence-corrected chi connectivity index (χ1v) is 6.65. The molecule has 2 unspecified atom stereocenters. The Morgan fingerprint density at radius 2 is 2.47 bits per heavy atom. The lowest BCUT2D eigenvalue weighted by molar-refractivity contribution is -0.122. The fraction of sp³-hybridized carbons (Fsp3) is 0.786. The number of amides is 1. The number of terminal acetylenes is 1. The summed E-state index contributed by atoms with van der Waals surface area (Å²) in [5.41, 5.74) is 0. The number of hydrogen-bond donors (Lipinski definition) is 2. The first-order chi connectivity index (χ1) is 8.24. The third-order valence-electron chi connectivity index (χ3n) is 3.47. The molecular weight excluding hydrogens is 212 g/mol. The van der Waals surface area contributed by atoms with Crippen molar-refractivity contribution < 1.29 is 4.79 Å². The van der Waals surface area contributed by atoms with Gasteiger partial charge in [0.25, 0.3) is 0 Å². The van der Waals surface area contributed by atoms with Crippen molar-refractivity contribution >= 4 is 5.91 Å². The van der Waals surface area contributed by atoms with Gasteiger partial charge in [-0.2, -0.15) is 0 Å². The molecule has 1 aliphatic heterocycles. The minimum Gasteiger partial charge on any atom is -0.356 e. The summed E-state index contributed by atoms with van der Waals surface area (Å²) >= 11 is 0. The van der Waals surface area contributed by atoms with Crippen LogP contribution in [0.4, 0.5) is 0 Å². The lowest BCUT2D eigenvalue weighted by Crippen LogP contribution is -2.35. The van der Waals surface area contributed by atoms with E-state index in [1.807, 2.05) is 0 Å². The second-order valence-electron chi connectivity index (χ2n) is 4.95. The van der Waals surface area contributed by atoms with Gasteiger partial charge in [0.15, 0.2) is 0 Å². The second kappa shape index (κ2) is 8.14. The number of rotatable bonds is 6. The maximum absolute atomic E-state index is 11.7. The molecule has 3 heteroatoms. The van der Waals surface area contributed by atoms with Gasteiger partial charge in [-0.05, 0) is 44.2 Å². The molecule has 1 fully saturated rings. The van der Waals surface area contributed by atoms with Crippen LogP contribution in [0.25, 0.3) is 0 Å². The molecule has 0 spiro atoms. The molecule has 0 aromatic heterocycles. The van der Waals surface area contributed by atoms with Crippen LogP contribution in [-0.4, -0.2) is 25.5 Å². The fourth-order valence-electron chi connectivity index (χ4n) is 2.31. The number of hydrogen-bond acceptors (Lipinski definition) is 2. The summed E-state index contributed by atoms with van der Waals surface area (Å²) < 4.78 is 0. The van der Waals surface area contributed by atoms with Gasteiger partial charge in [0.1, 0.15) is 0 Å². The van der Waals surface area contributed by atoms with Crippen LogP contribution in [0.3, 0.4) is 0 Å². The molecule has 0 saturated carbocycles. The normalized spacial score (nSPS) is 21.5. The number of unbranched alkanes of at least 4 members (excludes halogenated alkanes) is 1. The predicted molar refractivity (Wildman–Crippen MR) is 70.5 cm³/mol. The van der Waals surface area contributed by atoms with Gasteiger partial charge in [0.2, 0.25) is 5.91 Å². The molecular formula is C14H24N2O. The van der Waals surface area contributed by atoms with Crippen LogP contribution in [0, 0.1) is 24.2 Å². The van der Waals surface area contributed by atoms with Gasteiger partial charge in [-0.1, -0.05) is 6.92 Å². The highest BCUT2D eigenvalue weighted by atomic mass is 16.1. The molecule has 1 aliphatic rings. The molecule has 1 rings (SSSR count).